The SMILES string of the molecule is CCCCP.[Li]. The number of hydrogen-bond acceptors (Lipinski definition) is 0. The zero-order chi connectivity index (χ0) is 4.12. The average Bonchev–Trinajstić information content (AvgIpc) is 1.41. The summed E-state index contributed by atoms with van der Waals surface area (Å²) in [6.45, 7) is 2.20. The summed E-state index contributed by atoms with van der Waals surface area (Å²) < 4.78 is 0. The molecule has 1 atom stereocenters. The maximum atomic E-state index is 2.70. The molecule has 0 aliphatic heterocycles. The predicted octanol–water partition coefficient (Wildman–Crippen LogP) is 1.28. The van der Waals surface area contributed by atoms with Crippen LogP contribution in [0.1, 0.15) is 19.8 Å². The molecule has 33 valence electrons. The van der Waals surface area contributed by atoms with E-state index in [1.54, 1.807) is 0 Å². The van der Waals surface area contributed by atoms with Gasteiger partial charge in [0.25, 0.3) is 0 Å². The minimum Gasteiger partial charge on any atom is -0.138 e. The first-order valence-corrected chi connectivity index (χ1v) is 2.93. The van der Waals surface area contributed by atoms with Crippen LogP contribution in [0.3, 0.4) is 0 Å². The second-order valence-electron chi connectivity index (χ2n) is 1.14. The molecule has 0 heterocycles. The molecule has 0 N–H and O–H groups in total. The van der Waals surface area contributed by atoms with Crippen LogP contribution in [0.15, 0.2) is 0 Å². The third kappa shape index (κ3) is 8.90. The van der Waals surface area contributed by atoms with Gasteiger partial charge in [-0.05, 0) is 6.16 Å². The van der Waals surface area contributed by atoms with Crippen LogP contribution in [-0.4, -0.2) is 25.0 Å². The van der Waals surface area contributed by atoms with Gasteiger partial charge in [0.15, 0.2) is 0 Å². The van der Waals surface area contributed by atoms with Gasteiger partial charge in [-0.1, -0.05) is 19.8 Å². The zero-order valence-electron chi connectivity index (χ0n) is 4.70. The van der Waals surface area contributed by atoms with Crippen LogP contribution in [0.25, 0.3) is 0 Å². The Hall–Kier alpha value is 1.03. The average molecular weight is 97.0 g/mol. The van der Waals surface area contributed by atoms with E-state index in [4.69, 9.17) is 0 Å². The molecule has 6 heavy (non-hydrogen) atoms. The second-order valence-corrected chi connectivity index (χ2v) is 1.72. The fourth-order valence-electron chi connectivity index (χ4n) is 0.204. The third-order valence-corrected chi connectivity index (χ3v) is 0.966. The normalized spacial score (nSPS) is 7.00. The van der Waals surface area contributed by atoms with Gasteiger partial charge in [0.1, 0.15) is 0 Å². The molecule has 0 aromatic carbocycles. The molecular weight excluding hydrogens is 86.0 g/mol. The molecule has 1 unspecified atom stereocenters. The van der Waals surface area contributed by atoms with E-state index in [0.717, 1.165) is 0 Å². The van der Waals surface area contributed by atoms with Gasteiger partial charge in [-0.3, -0.25) is 0 Å². The molecule has 0 aliphatic carbocycles. The summed E-state index contributed by atoms with van der Waals surface area (Å²) in [4.78, 5) is 0. The fourth-order valence-corrected chi connectivity index (χ4v) is 0.612. The molecule has 0 bridgehead atoms. The molecule has 0 saturated heterocycles. The first-order chi connectivity index (χ1) is 2.41. The molecule has 1 radical (unpaired) electrons. The standard InChI is InChI=1S/C4H11P.Li/c1-2-3-4-5;/h2-5H2,1H3;. The Morgan fingerprint density at radius 1 is 1.50 bits per heavy atom. The van der Waals surface area contributed by atoms with E-state index in [1.165, 1.54) is 19.0 Å². The fraction of sp³-hybridized carbons (Fsp3) is 1.00. The van der Waals surface area contributed by atoms with Crippen molar-refractivity contribution in [1.82, 2.24) is 0 Å². The maximum absolute atomic E-state index is 2.70. The molecule has 0 spiro atoms. The van der Waals surface area contributed by atoms with E-state index in [0.29, 0.717) is 0 Å². The van der Waals surface area contributed by atoms with Gasteiger partial charge in [-0.2, -0.15) is 0 Å². The smallest absolute Gasteiger partial charge is 0 e. The Morgan fingerprint density at radius 3 is 2.00 bits per heavy atom. The van der Waals surface area contributed by atoms with Gasteiger partial charge in [0.2, 0.25) is 0 Å². The third-order valence-electron chi connectivity index (χ3n) is 0.558. The molecule has 0 rings (SSSR count). The van der Waals surface area contributed by atoms with Gasteiger partial charge in [-0.25, -0.2) is 0 Å². The predicted molar refractivity (Wildman–Crippen MR) is 35.2 cm³/mol. The summed E-state index contributed by atoms with van der Waals surface area (Å²) in [5, 5.41) is 0. The first-order valence-electron chi connectivity index (χ1n) is 2.12. The van der Waals surface area contributed by atoms with E-state index >= 15 is 0 Å². The van der Waals surface area contributed by atoms with Gasteiger partial charge in [0, 0.05) is 18.9 Å². The van der Waals surface area contributed by atoms with Crippen molar-refractivity contribution < 1.29 is 0 Å². The molecule has 0 aromatic heterocycles. The Morgan fingerprint density at radius 2 is 2.00 bits per heavy atom. The summed E-state index contributed by atoms with van der Waals surface area (Å²) in [7, 11) is 2.70. The summed E-state index contributed by atoms with van der Waals surface area (Å²) in [6.07, 6.45) is 3.94. The van der Waals surface area contributed by atoms with Crippen molar-refractivity contribution in [3.8, 4) is 0 Å². The summed E-state index contributed by atoms with van der Waals surface area (Å²) in [5.74, 6) is 0. The first kappa shape index (κ1) is 10.1. The molecule has 0 nitrogen and oxygen atoms in total. The number of hydrogen-bond donors (Lipinski definition) is 0. The van der Waals surface area contributed by atoms with Crippen LogP contribution < -0.4 is 0 Å². The number of rotatable bonds is 2. The molecule has 0 aliphatic rings. The Bertz CT molecular complexity index is 15.0. The van der Waals surface area contributed by atoms with E-state index in [9.17, 15) is 0 Å². The van der Waals surface area contributed by atoms with Crippen molar-refractivity contribution in [3.63, 3.8) is 0 Å². The van der Waals surface area contributed by atoms with Crippen molar-refractivity contribution in [2.75, 3.05) is 6.16 Å². The van der Waals surface area contributed by atoms with Crippen LogP contribution >= 0.6 is 9.24 Å². The van der Waals surface area contributed by atoms with Crippen molar-refractivity contribution >= 4 is 28.1 Å². The monoisotopic (exact) mass is 97.1 g/mol. The second kappa shape index (κ2) is 9.39. The maximum Gasteiger partial charge on any atom is 0 e. The van der Waals surface area contributed by atoms with Gasteiger partial charge in [0.05, 0.1) is 0 Å². The Labute approximate surface area is 54.5 Å². The van der Waals surface area contributed by atoms with Crippen molar-refractivity contribution in [2.24, 2.45) is 0 Å². The summed E-state index contributed by atoms with van der Waals surface area (Å²) in [5.41, 5.74) is 0. The largest absolute Gasteiger partial charge is 0.138 e. The Kier molecular flexibility index (Phi) is 15.8. The van der Waals surface area contributed by atoms with Crippen LogP contribution in [-0.2, 0) is 0 Å². The Balaban J connectivity index is 0. The minimum absolute atomic E-state index is 0. The van der Waals surface area contributed by atoms with Crippen LogP contribution in [0.2, 0.25) is 0 Å². The van der Waals surface area contributed by atoms with E-state index in [2.05, 4.69) is 16.2 Å². The van der Waals surface area contributed by atoms with Crippen molar-refractivity contribution in [2.45, 2.75) is 19.8 Å². The van der Waals surface area contributed by atoms with Crippen LogP contribution in [0, 0.1) is 0 Å². The van der Waals surface area contributed by atoms with Crippen molar-refractivity contribution in [3.05, 3.63) is 0 Å². The number of unbranched alkanes of at least 4 members (excludes halogenated alkanes) is 1. The van der Waals surface area contributed by atoms with Gasteiger partial charge >= 0.3 is 0 Å². The summed E-state index contributed by atoms with van der Waals surface area (Å²) in [6, 6.07) is 0. The molecular formula is C4H11LiP. The van der Waals surface area contributed by atoms with Gasteiger partial charge in [-0.15, -0.1) is 9.24 Å². The molecule has 0 saturated carbocycles. The minimum atomic E-state index is 0. The quantitative estimate of drug-likeness (QED) is 0.359. The molecule has 0 fully saturated rings. The molecule has 0 aromatic rings. The van der Waals surface area contributed by atoms with E-state index in [-0.39, 0.29) is 18.9 Å². The van der Waals surface area contributed by atoms with Crippen LogP contribution in [0.5, 0.6) is 0 Å². The topological polar surface area (TPSA) is 0 Å². The summed E-state index contributed by atoms with van der Waals surface area (Å²) >= 11 is 0. The van der Waals surface area contributed by atoms with E-state index in [1.807, 2.05) is 0 Å². The van der Waals surface area contributed by atoms with Crippen molar-refractivity contribution in [1.29, 1.82) is 0 Å². The van der Waals surface area contributed by atoms with Crippen LogP contribution in [0.4, 0.5) is 0 Å². The van der Waals surface area contributed by atoms with E-state index < -0.39 is 0 Å². The zero-order valence-corrected chi connectivity index (χ0v) is 5.85. The van der Waals surface area contributed by atoms with Gasteiger partial charge < -0.3 is 0 Å². The molecule has 2 heteroatoms. The molecule has 0 amide bonds.